The standard InChI is InChI=1S/C3H9N.2CH3.Al.H/c1-4(2)3;;;;/h1-3H3;2*1H3;;. The minimum Gasteiger partial charge on any atom is -0.312 e. The summed E-state index contributed by atoms with van der Waals surface area (Å²) in [4.78, 5) is 2.00. The summed E-state index contributed by atoms with van der Waals surface area (Å²) < 4.78 is 0. The normalized spacial score (nSPS) is 7.14. The zero-order valence-corrected chi connectivity index (χ0v) is 7.57. The molecule has 44 valence electrons. The summed E-state index contributed by atoms with van der Waals surface area (Å²) in [6, 6.07) is 0. The first-order valence-corrected chi connectivity index (χ1v) is 5.58. The van der Waals surface area contributed by atoms with Crippen molar-refractivity contribution in [3.63, 3.8) is 0 Å². The van der Waals surface area contributed by atoms with Crippen LogP contribution < -0.4 is 0 Å². The molecule has 0 aliphatic carbocycles. The van der Waals surface area contributed by atoms with Gasteiger partial charge in [-0.2, -0.15) is 0 Å². The molecule has 0 N–H and O–H groups in total. The number of rotatable bonds is 0. The maximum atomic E-state index is 2.26. The lowest BCUT2D eigenvalue weighted by Gasteiger charge is -1.90. The molecule has 0 aromatic rings. The summed E-state index contributed by atoms with van der Waals surface area (Å²) in [6.45, 7) is 0. The molecular formula is C5H16AlN. The van der Waals surface area contributed by atoms with Crippen molar-refractivity contribution >= 4 is 15.2 Å². The lowest BCUT2D eigenvalue weighted by atomic mass is 11.0. The Hall–Kier alpha value is 0.492. The first-order chi connectivity index (χ1) is 3.15. The molecule has 0 rings (SSSR count). The molecule has 0 fully saturated rings. The van der Waals surface area contributed by atoms with Crippen LogP contribution in [0, 0.1) is 0 Å². The quantitative estimate of drug-likeness (QED) is 0.422. The molecule has 0 aliphatic rings. The Morgan fingerprint density at radius 3 is 1.00 bits per heavy atom. The second-order valence-corrected chi connectivity index (χ2v) is 3.46. The monoisotopic (exact) mass is 117 g/mol. The third-order valence-electron chi connectivity index (χ3n) is 0. The van der Waals surface area contributed by atoms with Gasteiger partial charge in [-0.3, -0.25) is 0 Å². The first-order valence-electron chi connectivity index (χ1n) is 2.76. The van der Waals surface area contributed by atoms with Crippen molar-refractivity contribution in [1.29, 1.82) is 0 Å². The van der Waals surface area contributed by atoms with Crippen molar-refractivity contribution in [3.05, 3.63) is 0 Å². The van der Waals surface area contributed by atoms with Gasteiger partial charge < -0.3 is 4.90 Å². The molecule has 0 aliphatic heterocycles. The van der Waals surface area contributed by atoms with Gasteiger partial charge in [0.2, 0.25) is 15.2 Å². The third-order valence-corrected chi connectivity index (χ3v) is 0. The maximum Gasteiger partial charge on any atom is 0.229 e. The molecule has 0 radical (unpaired) electrons. The largest absolute Gasteiger partial charge is 0.312 e. The van der Waals surface area contributed by atoms with Crippen LogP contribution in [0.2, 0.25) is 11.6 Å². The van der Waals surface area contributed by atoms with Crippen LogP contribution in [0.3, 0.4) is 0 Å². The van der Waals surface area contributed by atoms with E-state index in [-0.39, 0.29) is 0 Å². The number of nitrogens with zero attached hydrogens (tertiary/aromatic N) is 1. The Morgan fingerprint density at radius 2 is 1.00 bits per heavy atom. The zero-order valence-electron chi connectivity index (χ0n) is 6.15. The fourth-order valence-electron chi connectivity index (χ4n) is 0. The van der Waals surface area contributed by atoms with Gasteiger partial charge in [-0.1, -0.05) is 0 Å². The van der Waals surface area contributed by atoms with Gasteiger partial charge in [-0.25, -0.2) is 0 Å². The summed E-state index contributed by atoms with van der Waals surface area (Å²) in [5.74, 6) is 4.53. The van der Waals surface area contributed by atoms with E-state index in [9.17, 15) is 0 Å². The summed E-state index contributed by atoms with van der Waals surface area (Å²) in [5, 5.41) is 0. The molecule has 0 bridgehead atoms. The average molecular weight is 117 g/mol. The zero-order chi connectivity index (χ0) is 6.28. The van der Waals surface area contributed by atoms with E-state index in [4.69, 9.17) is 0 Å². The molecule has 0 saturated heterocycles. The minimum absolute atomic E-state index is 0.417. The SMILES string of the molecule is CN(C)C.[CH3][AlH][CH3]. The Bertz CT molecular complexity index is 19.3. The molecule has 2 heteroatoms. The lowest BCUT2D eigenvalue weighted by Crippen LogP contribution is -1.99. The second kappa shape index (κ2) is 9.70. The molecule has 7 heavy (non-hydrogen) atoms. The van der Waals surface area contributed by atoms with Crippen LogP contribution in [0.1, 0.15) is 0 Å². The molecule has 0 atom stereocenters. The average Bonchev–Trinajstić information content (AvgIpc) is 1.33. The summed E-state index contributed by atoms with van der Waals surface area (Å²) in [7, 11) is 6.00. The highest BCUT2D eigenvalue weighted by molar-refractivity contribution is 6.31. The van der Waals surface area contributed by atoms with Crippen LogP contribution in [-0.4, -0.2) is 41.3 Å². The van der Waals surface area contributed by atoms with E-state index in [0.29, 0.717) is 15.2 Å². The molecular weight excluding hydrogens is 101 g/mol. The Morgan fingerprint density at radius 1 is 1.00 bits per heavy atom. The molecule has 0 unspecified atom stereocenters. The highest BCUT2D eigenvalue weighted by Gasteiger charge is 1.58. The molecule has 0 aromatic heterocycles. The fraction of sp³-hybridized carbons (Fsp3) is 1.00. The number of hydrogen-bond donors (Lipinski definition) is 0. The summed E-state index contributed by atoms with van der Waals surface area (Å²) >= 11 is 0.417. The highest BCUT2D eigenvalue weighted by atomic mass is 27.1. The minimum atomic E-state index is 0.417. The van der Waals surface area contributed by atoms with E-state index >= 15 is 0 Å². The molecule has 0 amide bonds. The van der Waals surface area contributed by atoms with Crippen LogP contribution in [0.4, 0.5) is 0 Å². The molecule has 0 aromatic carbocycles. The Balaban J connectivity index is 0. The van der Waals surface area contributed by atoms with Gasteiger partial charge in [-0.15, -0.1) is 11.6 Å². The van der Waals surface area contributed by atoms with Gasteiger partial charge in [-0.05, 0) is 21.1 Å². The van der Waals surface area contributed by atoms with E-state index in [1.807, 2.05) is 26.0 Å². The molecule has 1 nitrogen and oxygen atoms in total. The third kappa shape index (κ3) is 540. The van der Waals surface area contributed by atoms with E-state index < -0.39 is 0 Å². The van der Waals surface area contributed by atoms with Crippen molar-refractivity contribution in [2.45, 2.75) is 11.6 Å². The summed E-state index contributed by atoms with van der Waals surface area (Å²) in [5.41, 5.74) is 0. The van der Waals surface area contributed by atoms with Gasteiger partial charge in [0.1, 0.15) is 0 Å². The van der Waals surface area contributed by atoms with E-state index in [1.165, 1.54) is 0 Å². The Kier molecular flexibility index (Phi) is 14.5. The highest BCUT2D eigenvalue weighted by Crippen LogP contribution is 1.47. The lowest BCUT2D eigenvalue weighted by molar-refractivity contribution is 0.505. The van der Waals surface area contributed by atoms with E-state index in [0.717, 1.165) is 0 Å². The van der Waals surface area contributed by atoms with Crippen LogP contribution in [0.15, 0.2) is 0 Å². The predicted molar refractivity (Wildman–Crippen MR) is 38.5 cm³/mol. The van der Waals surface area contributed by atoms with Gasteiger partial charge in [0.05, 0.1) is 0 Å². The van der Waals surface area contributed by atoms with Gasteiger partial charge >= 0.3 is 0 Å². The van der Waals surface area contributed by atoms with Gasteiger partial charge in [0.25, 0.3) is 0 Å². The van der Waals surface area contributed by atoms with E-state index in [2.05, 4.69) is 11.6 Å². The number of hydrogen-bond acceptors (Lipinski definition) is 1. The predicted octanol–water partition coefficient (Wildman–Crippen LogP) is 0.697. The van der Waals surface area contributed by atoms with Crippen molar-refractivity contribution < 1.29 is 0 Å². The maximum absolute atomic E-state index is 2.26. The van der Waals surface area contributed by atoms with Crippen LogP contribution in [0.25, 0.3) is 0 Å². The Labute approximate surface area is 53.4 Å². The van der Waals surface area contributed by atoms with Gasteiger partial charge in [0.15, 0.2) is 0 Å². The van der Waals surface area contributed by atoms with E-state index in [1.54, 1.807) is 0 Å². The van der Waals surface area contributed by atoms with Crippen molar-refractivity contribution in [2.75, 3.05) is 21.1 Å². The summed E-state index contributed by atoms with van der Waals surface area (Å²) in [6.07, 6.45) is 0. The molecule has 0 spiro atoms. The smallest absolute Gasteiger partial charge is 0.229 e. The molecule has 0 saturated carbocycles. The molecule has 0 heterocycles. The van der Waals surface area contributed by atoms with Crippen molar-refractivity contribution in [3.8, 4) is 0 Å². The first kappa shape index (κ1) is 10.5. The van der Waals surface area contributed by atoms with Crippen LogP contribution in [-0.2, 0) is 0 Å². The van der Waals surface area contributed by atoms with Crippen LogP contribution in [0.5, 0.6) is 0 Å². The van der Waals surface area contributed by atoms with Crippen LogP contribution >= 0.6 is 0 Å². The van der Waals surface area contributed by atoms with Gasteiger partial charge in [0, 0.05) is 0 Å². The fourth-order valence-corrected chi connectivity index (χ4v) is 0. The van der Waals surface area contributed by atoms with Crippen molar-refractivity contribution in [1.82, 2.24) is 4.90 Å². The topological polar surface area (TPSA) is 3.24 Å². The van der Waals surface area contributed by atoms with Crippen molar-refractivity contribution in [2.24, 2.45) is 0 Å². The second-order valence-electron chi connectivity index (χ2n) is 2.05.